The van der Waals surface area contributed by atoms with E-state index in [1.165, 1.54) is 6.08 Å². The second kappa shape index (κ2) is 3.62. The molecule has 1 atom stereocenters. The second-order valence-electron chi connectivity index (χ2n) is 1.25. The molecule has 0 saturated carbocycles. The Balaban J connectivity index is 3.35. The number of allylic oxidation sites excluding steroid dienone is 1. The van der Waals surface area contributed by atoms with Crippen molar-refractivity contribution in [3.05, 3.63) is 24.8 Å². The Morgan fingerprint density at radius 1 is 1.71 bits per heavy atom. The molecule has 0 aromatic carbocycles. The van der Waals surface area contributed by atoms with Gasteiger partial charge in [-0.2, -0.15) is 0 Å². The van der Waals surface area contributed by atoms with Crippen molar-refractivity contribution < 1.29 is 5.11 Å². The zero-order valence-corrected chi connectivity index (χ0v) is 4.46. The molecule has 0 saturated heterocycles. The van der Waals surface area contributed by atoms with E-state index in [-0.39, 0.29) is 0 Å². The number of hydrogen-bond donors (Lipinski definition) is 1. The standard InChI is InChI=1S/C6H10O/c1-3-5-6(7)4-2/h3-7H,2H2,1H3. The summed E-state index contributed by atoms with van der Waals surface area (Å²) in [5, 5.41) is 8.65. The summed E-state index contributed by atoms with van der Waals surface area (Å²) in [6.45, 7) is 5.23. The van der Waals surface area contributed by atoms with Crippen LogP contribution in [0.1, 0.15) is 6.92 Å². The quantitative estimate of drug-likeness (QED) is 0.513. The minimum absolute atomic E-state index is 0.468. The van der Waals surface area contributed by atoms with E-state index in [0.717, 1.165) is 0 Å². The van der Waals surface area contributed by atoms with E-state index in [0.29, 0.717) is 0 Å². The topological polar surface area (TPSA) is 20.2 Å². The Hall–Kier alpha value is -0.560. The summed E-state index contributed by atoms with van der Waals surface area (Å²) in [5.41, 5.74) is 0. The van der Waals surface area contributed by atoms with Gasteiger partial charge in [0.05, 0.1) is 6.10 Å². The maximum Gasteiger partial charge on any atom is 0.0899 e. The molecule has 1 N–H and O–H groups in total. The summed E-state index contributed by atoms with van der Waals surface area (Å²) in [5.74, 6) is 0. The lowest BCUT2D eigenvalue weighted by Crippen LogP contribution is -1.92. The molecule has 0 rings (SSSR count). The van der Waals surface area contributed by atoms with E-state index >= 15 is 0 Å². The molecule has 0 aliphatic rings. The number of aliphatic hydroxyl groups excluding tert-OH is 1. The third kappa shape index (κ3) is 3.27. The molecule has 0 bridgehead atoms. The third-order valence-corrected chi connectivity index (χ3v) is 0.631. The molecular weight excluding hydrogens is 88.1 g/mol. The molecule has 0 spiro atoms. The fourth-order valence-corrected chi connectivity index (χ4v) is 0.276. The largest absolute Gasteiger partial charge is 0.385 e. The van der Waals surface area contributed by atoms with Crippen LogP contribution in [0.15, 0.2) is 24.8 Å². The maximum atomic E-state index is 8.65. The SMILES string of the molecule is C=CC(O)C=CC. The normalized spacial score (nSPS) is 14.6. The van der Waals surface area contributed by atoms with Crippen molar-refractivity contribution in [2.45, 2.75) is 13.0 Å². The third-order valence-electron chi connectivity index (χ3n) is 0.631. The Morgan fingerprint density at radius 3 is 2.43 bits per heavy atom. The van der Waals surface area contributed by atoms with Crippen LogP contribution in [-0.4, -0.2) is 11.2 Å². The zero-order chi connectivity index (χ0) is 5.70. The highest BCUT2D eigenvalue weighted by atomic mass is 16.3. The first kappa shape index (κ1) is 6.44. The van der Waals surface area contributed by atoms with Crippen LogP contribution >= 0.6 is 0 Å². The van der Waals surface area contributed by atoms with E-state index in [9.17, 15) is 0 Å². The summed E-state index contributed by atoms with van der Waals surface area (Å²) in [6.07, 6.45) is 4.45. The zero-order valence-electron chi connectivity index (χ0n) is 4.46. The summed E-state index contributed by atoms with van der Waals surface area (Å²) >= 11 is 0. The van der Waals surface area contributed by atoms with Gasteiger partial charge in [-0.3, -0.25) is 0 Å². The van der Waals surface area contributed by atoms with Crippen LogP contribution in [0.5, 0.6) is 0 Å². The van der Waals surface area contributed by atoms with Gasteiger partial charge in [-0.1, -0.05) is 18.2 Å². The molecule has 0 radical (unpaired) electrons. The van der Waals surface area contributed by atoms with Gasteiger partial charge in [-0.05, 0) is 6.92 Å². The molecule has 1 heteroatoms. The molecule has 1 nitrogen and oxygen atoms in total. The van der Waals surface area contributed by atoms with Crippen molar-refractivity contribution in [1.82, 2.24) is 0 Å². The van der Waals surface area contributed by atoms with Gasteiger partial charge in [0, 0.05) is 0 Å². The van der Waals surface area contributed by atoms with E-state index in [2.05, 4.69) is 6.58 Å². The van der Waals surface area contributed by atoms with Crippen molar-refractivity contribution in [1.29, 1.82) is 0 Å². The smallest absolute Gasteiger partial charge is 0.0899 e. The van der Waals surface area contributed by atoms with Crippen molar-refractivity contribution in [3.8, 4) is 0 Å². The Bertz CT molecular complexity index is 74.2. The fourth-order valence-electron chi connectivity index (χ4n) is 0.276. The highest BCUT2D eigenvalue weighted by molar-refractivity contribution is 4.95. The lowest BCUT2D eigenvalue weighted by atomic mass is 10.3. The Labute approximate surface area is 44.0 Å². The molecule has 0 aromatic rings. The highest BCUT2D eigenvalue weighted by Crippen LogP contribution is 1.83. The van der Waals surface area contributed by atoms with Gasteiger partial charge in [-0.25, -0.2) is 0 Å². The van der Waals surface area contributed by atoms with Crippen LogP contribution in [0.4, 0.5) is 0 Å². The van der Waals surface area contributed by atoms with Gasteiger partial charge in [0.1, 0.15) is 0 Å². The van der Waals surface area contributed by atoms with Gasteiger partial charge in [0.25, 0.3) is 0 Å². The van der Waals surface area contributed by atoms with Crippen molar-refractivity contribution in [2.75, 3.05) is 0 Å². The number of hydrogen-bond acceptors (Lipinski definition) is 1. The van der Waals surface area contributed by atoms with Gasteiger partial charge in [-0.15, -0.1) is 6.58 Å². The Morgan fingerprint density at radius 2 is 2.29 bits per heavy atom. The molecule has 0 aliphatic heterocycles. The number of aliphatic hydroxyl groups is 1. The van der Waals surface area contributed by atoms with E-state index in [4.69, 9.17) is 5.11 Å². The van der Waals surface area contributed by atoms with E-state index in [1.54, 1.807) is 12.2 Å². The predicted octanol–water partition coefficient (Wildman–Crippen LogP) is 1.11. The summed E-state index contributed by atoms with van der Waals surface area (Å²) < 4.78 is 0. The van der Waals surface area contributed by atoms with Crippen LogP contribution < -0.4 is 0 Å². The molecule has 7 heavy (non-hydrogen) atoms. The monoisotopic (exact) mass is 98.1 g/mol. The molecule has 1 unspecified atom stereocenters. The fraction of sp³-hybridized carbons (Fsp3) is 0.333. The minimum atomic E-state index is -0.468. The van der Waals surface area contributed by atoms with Gasteiger partial charge >= 0.3 is 0 Å². The van der Waals surface area contributed by atoms with Crippen molar-refractivity contribution in [3.63, 3.8) is 0 Å². The van der Waals surface area contributed by atoms with E-state index in [1.807, 2.05) is 6.92 Å². The summed E-state index contributed by atoms with van der Waals surface area (Å²) in [4.78, 5) is 0. The summed E-state index contributed by atoms with van der Waals surface area (Å²) in [7, 11) is 0. The molecule has 0 fully saturated rings. The van der Waals surface area contributed by atoms with Gasteiger partial charge < -0.3 is 5.11 Å². The highest BCUT2D eigenvalue weighted by Gasteiger charge is 1.82. The first-order chi connectivity index (χ1) is 3.31. The molecule has 0 heterocycles. The number of rotatable bonds is 2. The van der Waals surface area contributed by atoms with Crippen molar-refractivity contribution >= 4 is 0 Å². The Kier molecular flexibility index (Phi) is 3.33. The van der Waals surface area contributed by atoms with Crippen molar-refractivity contribution in [2.24, 2.45) is 0 Å². The predicted molar refractivity (Wildman–Crippen MR) is 31.0 cm³/mol. The average molecular weight is 98.1 g/mol. The minimum Gasteiger partial charge on any atom is -0.385 e. The van der Waals surface area contributed by atoms with Crippen LogP contribution in [0.25, 0.3) is 0 Å². The van der Waals surface area contributed by atoms with E-state index < -0.39 is 6.10 Å². The van der Waals surface area contributed by atoms with Crippen LogP contribution in [-0.2, 0) is 0 Å². The molecule has 0 amide bonds. The molecular formula is C6H10O. The van der Waals surface area contributed by atoms with Crippen LogP contribution in [0, 0.1) is 0 Å². The van der Waals surface area contributed by atoms with Gasteiger partial charge in [0.15, 0.2) is 0 Å². The van der Waals surface area contributed by atoms with Gasteiger partial charge in [0.2, 0.25) is 0 Å². The summed E-state index contributed by atoms with van der Waals surface area (Å²) in [6, 6.07) is 0. The second-order valence-corrected chi connectivity index (χ2v) is 1.25. The first-order valence-corrected chi connectivity index (χ1v) is 2.24. The molecule has 40 valence electrons. The molecule has 0 aliphatic carbocycles. The molecule has 0 aromatic heterocycles. The van der Waals surface area contributed by atoms with Crippen LogP contribution in [0.2, 0.25) is 0 Å². The lowest BCUT2D eigenvalue weighted by molar-refractivity contribution is 0.272. The van der Waals surface area contributed by atoms with Crippen LogP contribution in [0.3, 0.4) is 0 Å². The first-order valence-electron chi connectivity index (χ1n) is 2.24. The lowest BCUT2D eigenvalue weighted by Gasteiger charge is -1.90. The maximum absolute atomic E-state index is 8.65. The average Bonchev–Trinajstić information content (AvgIpc) is 1.68.